The second kappa shape index (κ2) is 7.94. The summed E-state index contributed by atoms with van der Waals surface area (Å²) in [5.41, 5.74) is 1.86. The van der Waals surface area contributed by atoms with Gasteiger partial charge in [-0.2, -0.15) is 0 Å². The minimum Gasteiger partial charge on any atom is -0.396 e. The summed E-state index contributed by atoms with van der Waals surface area (Å²) in [5.74, 6) is 1.27. The zero-order chi connectivity index (χ0) is 17.6. The summed E-state index contributed by atoms with van der Waals surface area (Å²) in [5, 5.41) is 23.5. The molecule has 1 fully saturated rings. The van der Waals surface area contributed by atoms with Crippen molar-refractivity contribution in [2.24, 2.45) is 5.92 Å². The Labute approximate surface area is 146 Å². The van der Waals surface area contributed by atoms with Gasteiger partial charge in [-0.25, -0.2) is 4.98 Å². The first-order valence-corrected chi connectivity index (χ1v) is 8.45. The quantitative estimate of drug-likeness (QED) is 0.619. The summed E-state index contributed by atoms with van der Waals surface area (Å²) >= 11 is 0. The van der Waals surface area contributed by atoms with Crippen molar-refractivity contribution in [1.82, 2.24) is 4.98 Å². The summed E-state index contributed by atoms with van der Waals surface area (Å²) in [7, 11) is 0. The molecule has 3 rings (SSSR count). The Morgan fingerprint density at radius 1 is 1.28 bits per heavy atom. The molecule has 2 heterocycles. The minimum atomic E-state index is -0.385. The van der Waals surface area contributed by atoms with E-state index in [0.29, 0.717) is 12.5 Å². The van der Waals surface area contributed by atoms with Gasteiger partial charge in [0.1, 0.15) is 0 Å². The lowest BCUT2D eigenvalue weighted by molar-refractivity contribution is -0.384. The number of benzene rings is 1. The van der Waals surface area contributed by atoms with Gasteiger partial charge in [0, 0.05) is 44.6 Å². The number of pyridine rings is 1. The van der Waals surface area contributed by atoms with Gasteiger partial charge < -0.3 is 15.3 Å². The Kier molecular flexibility index (Phi) is 5.45. The number of aromatic nitrogens is 1. The van der Waals surface area contributed by atoms with E-state index < -0.39 is 0 Å². The van der Waals surface area contributed by atoms with E-state index in [1.54, 1.807) is 18.3 Å². The van der Waals surface area contributed by atoms with Crippen molar-refractivity contribution in [3.63, 3.8) is 0 Å². The highest BCUT2D eigenvalue weighted by Gasteiger charge is 2.21. The van der Waals surface area contributed by atoms with Crippen LogP contribution in [0.15, 0.2) is 42.6 Å². The Bertz CT molecular complexity index is 730. The maximum Gasteiger partial charge on any atom is 0.269 e. The van der Waals surface area contributed by atoms with Crippen molar-refractivity contribution >= 4 is 17.2 Å². The first-order valence-electron chi connectivity index (χ1n) is 8.45. The minimum absolute atomic E-state index is 0.0942. The van der Waals surface area contributed by atoms with Crippen molar-refractivity contribution in [3.8, 4) is 0 Å². The number of nitrogens with one attached hydrogen (secondary N) is 1. The number of anilines is 2. The van der Waals surface area contributed by atoms with Crippen LogP contribution in [-0.4, -0.2) is 34.7 Å². The largest absolute Gasteiger partial charge is 0.396 e. The van der Waals surface area contributed by atoms with Crippen LogP contribution in [0, 0.1) is 16.0 Å². The summed E-state index contributed by atoms with van der Waals surface area (Å²) in [6, 6.07) is 10.5. The van der Waals surface area contributed by atoms with Crippen LogP contribution < -0.4 is 10.2 Å². The van der Waals surface area contributed by atoms with E-state index in [0.717, 1.165) is 43.0 Å². The fraction of sp³-hybridized carbons (Fsp3) is 0.389. The second-order valence-corrected chi connectivity index (χ2v) is 6.27. The van der Waals surface area contributed by atoms with Gasteiger partial charge in [0.25, 0.3) is 5.69 Å². The molecule has 1 aromatic carbocycles. The van der Waals surface area contributed by atoms with Crippen molar-refractivity contribution in [1.29, 1.82) is 0 Å². The van der Waals surface area contributed by atoms with Crippen LogP contribution in [0.5, 0.6) is 0 Å². The lowest BCUT2D eigenvalue weighted by Gasteiger charge is -2.33. The van der Waals surface area contributed by atoms with Gasteiger partial charge in [-0.15, -0.1) is 0 Å². The maximum atomic E-state index is 10.9. The number of hydrogen-bond donors (Lipinski definition) is 2. The molecule has 2 aromatic rings. The number of aliphatic hydroxyl groups excluding tert-OH is 1. The van der Waals surface area contributed by atoms with Crippen LogP contribution in [-0.2, 0) is 6.54 Å². The number of hydrogen-bond acceptors (Lipinski definition) is 6. The monoisotopic (exact) mass is 342 g/mol. The highest BCUT2D eigenvalue weighted by molar-refractivity contribution is 5.65. The molecule has 25 heavy (non-hydrogen) atoms. The van der Waals surface area contributed by atoms with Crippen molar-refractivity contribution in [3.05, 3.63) is 58.3 Å². The van der Waals surface area contributed by atoms with Gasteiger partial charge in [0.2, 0.25) is 0 Å². The number of nitro groups is 1. The molecular formula is C18H22N4O3. The Morgan fingerprint density at radius 3 is 2.80 bits per heavy atom. The Balaban J connectivity index is 1.69. The molecule has 1 aromatic heterocycles. The number of nitro benzene ring substituents is 1. The van der Waals surface area contributed by atoms with E-state index in [2.05, 4.69) is 15.2 Å². The molecule has 1 aliphatic rings. The van der Waals surface area contributed by atoms with Crippen molar-refractivity contribution < 1.29 is 10.0 Å². The van der Waals surface area contributed by atoms with Gasteiger partial charge in [0.15, 0.2) is 5.82 Å². The number of rotatable bonds is 6. The molecule has 1 saturated heterocycles. The smallest absolute Gasteiger partial charge is 0.269 e. The van der Waals surface area contributed by atoms with Gasteiger partial charge in [0.05, 0.1) is 10.6 Å². The van der Waals surface area contributed by atoms with Crippen LogP contribution in [0.3, 0.4) is 0 Å². The summed E-state index contributed by atoms with van der Waals surface area (Å²) < 4.78 is 0. The van der Waals surface area contributed by atoms with E-state index in [4.69, 9.17) is 0 Å². The summed E-state index contributed by atoms with van der Waals surface area (Å²) in [6.07, 6.45) is 3.68. The summed E-state index contributed by atoms with van der Waals surface area (Å²) in [6.45, 7) is 2.48. The van der Waals surface area contributed by atoms with Crippen molar-refractivity contribution in [2.75, 3.05) is 29.9 Å². The van der Waals surface area contributed by atoms with Gasteiger partial charge in [-0.1, -0.05) is 12.1 Å². The topological polar surface area (TPSA) is 91.5 Å². The molecule has 1 aliphatic heterocycles. The Morgan fingerprint density at radius 2 is 2.08 bits per heavy atom. The molecule has 0 spiro atoms. The normalized spacial score (nSPS) is 15.2. The molecule has 0 radical (unpaired) electrons. The highest BCUT2D eigenvalue weighted by atomic mass is 16.6. The van der Waals surface area contributed by atoms with Crippen LogP contribution in [0.25, 0.3) is 0 Å². The third kappa shape index (κ3) is 4.24. The summed E-state index contributed by atoms with van der Waals surface area (Å²) in [4.78, 5) is 17.2. The van der Waals surface area contributed by atoms with Crippen LogP contribution in [0.2, 0.25) is 0 Å². The fourth-order valence-electron chi connectivity index (χ4n) is 3.09. The predicted molar refractivity (Wildman–Crippen MR) is 96.7 cm³/mol. The van der Waals surface area contributed by atoms with Crippen LogP contribution in [0.1, 0.15) is 18.4 Å². The average molecular weight is 342 g/mol. The molecule has 7 nitrogen and oxygen atoms in total. The van der Waals surface area contributed by atoms with Gasteiger partial charge >= 0.3 is 0 Å². The molecule has 0 bridgehead atoms. The number of piperidine rings is 1. The molecule has 0 atom stereocenters. The first-order chi connectivity index (χ1) is 12.2. The van der Waals surface area contributed by atoms with E-state index in [-0.39, 0.29) is 17.2 Å². The third-order valence-electron chi connectivity index (χ3n) is 4.56. The van der Waals surface area contributed by atoms with E-state index >= 15 is 0 Å². The van der Waals surface area contributed by atoms with Gasteiger partial charge in [-0.3, -0.25) is 10.1 Å². The number of non-ortho nitro benzene ring substituents is 1. The number of nitrogens with zero attached hydrogens (tertiary/aromatic N) is 3. The van der Waals surface area contributed by atoms with Crippen LogP contribution >= 0.6 is 0 Å². The number of aliphatic hydroxyl groups is 1. The molecule has 0 aliphatic carbocycles. The van der Waals surface area contributed by atoms with E-state index in [1.165, 1.54) is 6.07 Å². The third-order valence-corrected chi connectivity index (χ3v) is 4.56. The fourth-order valence-corrected chi connectivity index (χ4v) is 3.09. The standard InChI is InChI=1S/C18H22N4O3/c23-13-14-6-9-21(10-7-14)18-17(5-2-8-19-18)20-12-15-3-1-4-16(11-15)22(24)25/h1-5,8,11,14,20,23H,6-7,9-10,12-13H2. The molecule has 0 amide bonds. The second-order valence-electron chi connectivity index (χ2n) is 6.27. The molecular weight excluding hydrogens is 320 g/mol. The molecule has 0 unspecified atom stereocenters. The lowest BCUT2D eigenvalue weighted by atomic mass is 9.98. The Hall–Kier alpha value is -2.67. The zero-order valence-corrected chi connectivity index (χ0v) is 14.0. The molecule has 0 saturated carbocycles. The first kappa shape index (κ1) is 17.2. The van der Waals surface area contributed by atoms with Crippen molar-refractivity contribution in [2.45, 2.75) is 19.4 Å². The van der Waals surface area contributed by atoms with E-state index in [9.17, 15) is 15.2 Å². The predicted octanol–water partition coefficient (Wildman–Crippen LogP) is 2.81. The average Bonchev–Trinajstić information content (AvgIpc) is 2.67. The molecule has 2 N–H and O–H groups in total. The van der Waals surface area contributed by atoms with Crippen LogP contribution in [0.4, 0.5) is 17.2 Å². The zero-order valence-electron chi connectivity index (χ0n) is 14.0. The maximum absolute atomic E-state index is 10.9. The van der Waals surface area contributed by atoms with E-state index in [1.807, 2.05) is 18.2 Å². The van der Waals surface area contributed by atoms with Gasteiger partial charge in [-0.05, 0) is 36.5 Å². The highest BCUT2D eigenvalue weighted by Crippen LogP contribution is 2.28. The molecule has 132 valence electrons. The lowest BCUT2D eigenvalue weighted by Crippen LogP contribution is -2.35. The molecule has 7 heteroatoms. The SMILES string of the molecule is O=[N+]([O-])c1cccc(CNc2cccnc2N2CCC(CO)CC2)c1.